The van der Waals surface area contributed by atoms with Gasteiger partial charge in [0.1, 0.15) is 16.0 Å². The van der Waals surface area contributed by atoms with Crippen LogP contribution in [0.15, 0.2) is 30.1 Å². The molecule has 8 heteroatoms. The van der Waals surface area contributed by atoms with Crippen LogP contribution in [0, 0.1) is 10.2 Å². The first kappa shape index (κ1) is 17.5. The lowest BCUT2D eigenvalue weighted by molar-refractivity contribution is -1.92. The van der Waals surface area contributed by atoms with E-state index in [1.807, 2.05) is 4.90 Å². The van der Waals surface area contributed by atoms with E-state index in [4.69, 9.17) is 0 Å². The Labute approximate surface area is 126 Å². The summed E-state index contributed by atoms with van der Waals surface area (Å²) in [6.07, 6.45) is 0. The van der Waals surface area contributed by atoms with Crippen molar-refractivity contribution in [1.82, 2.24) is 9.80 Å². The predicted molar refractivity (Wildman–Crippen MR) is 68.4 cm³/mol. The van der Waals surface area contributed by atoms with Crippen molar-refractivity contribution in [3.63, 3.8) is 0 Å². The lowest BCUT2D eigenvalue weighted by Gasteiger charge is -2.22. The molecule has 0 bridgehead atoms. The van der Waals surface area contributed by atoms with Gasteiger partial charge in [-0.1, -0.05) is 12.1 Å². The van der Waals surface area contributed by atoms with Crippen LogP contribution < -0.4 is 14.0 Å². The van der Waals surface area contributed by atoms with Crippen LogP contribution in [0.3, 0.4) is 0 Å². The molecule has 1 N–H and O–H groups in total. The van der Waals surface area contributed by atoms with Gasteiger partial charge in [0, 0.05) is 20.6 Å². The summed E-state index contributed by atoms with van der Waals surface area (Å²) in [6.45, 7) is 0.351. The summed E-state index contributed by atoms with van der Waals surface area (Å²) in [5, 5.41) is 9.34. The Morgan fingerprint density at radius 1 is 1.10 bits per heavy atom. The number of hydrogen-bond donors (Lipinski definition) is 1. The monoisotopic (exact) mass is 318 g/mol. The maximum atomic E-state index is 10.9. The Morgan fingerprint density at radius 3 is 2.00 bits per heavy atom. The first-order valence-corrected chi connectivity index (χ1v) is 7.28. The average Bonchev–Trinajstić information content (AvgIpc) is 2.33. The average molecular weight is 319 g/mol. The summed E-state index contributed by atoms with van der Waals surface area (Å²) in [4.78, 5) is 3.22. The van der Waals surface area contributed by atoms with Gasteiger partial charge in [-0.25, -0.2) is 0 Å². The quantitative estimate of drug-likeness (QED) is 0.611. The maximum absolute atomic E-state index is 10.9. The van der Waals surface area contributed by atoms with Gasteiger partial charge in [-0.3, -0.25) is 0 Å². The topological polar surface area (TPSA) is 105 Å². The lowest BCUT2D eigenvalue weighted by Crippen LogP contribution is -2.61. The molecule has 0 amide bonds. The van der Waals surface area contributed by atoms with E-state index in [0.29, 0.717) is 17.7 Å². The number of nitrogens with zero attached hydrogens (tertiary/aromatic N) is 2. The zero-order valence-corrected chi connectivity index (χ0v) is 13.1. The van der Waals surface area contributed by atoms with Crippen molar-refractivity contribution >= 4 is 5.57 Å². The van der Waals surface area contributed by atoms with Crippen LogP contribution in [0.4, 0.5) is 0 Å². The van der Waals surface area contributed by atoms with E-state index in [9.17, 15) is 19.1 Å². The van der Waals surface area contributed by atoms with Crippen molar-refractivity contribution in [3.8, 4) is 5.75 Å². The molecule has 118 valence electrons. The van der Waals surface area contributed by atoms with Crippen molar-refractivity contribution in [1.29, 1.82) is 0 Å². The number of likely N-dealkylation sites (N-methyl/N-ethyl adjacent to an activating group) is 1. The van der Waals surface area contributed by atoms with E-state index < -0.39 is 10.2 Å². The fourth-order valence-electron chi connectivity index (χ4n) is 1.74. The summed E-state index contributed by atoms with van der Waals surface area (Å²) in [5.74, 6) is 0.0240. The number of aromatic hydroxyl groups is 1. The highest BCUT2D eigenvalue weighted by Crippen LogP contribution is 2.25. The number of halogens is 1. The van der Waals surface area contributed by atoms with E-state index in [0.717, 1.165) is 0 Å². The molecule has 0 aliphatic carbocycles. The summed E-state index contributed by atoms with van der Waals surface area (Å²) < 4.78 is 37.3. The lowest BCUT2D eigenvalue weighted by atomic mass is 10.1. The molecule has 0 radical (unpaired) electrons. The maximum Gasteiger partial charge on any atom is 0.362 e. The van der Waals surface area contributed by atoms with Crippen molar-refractivity contribution in [2.24, 2.45) is 0 Å². The fraction of sp³-hybridized carbons (Fsp3) is 0.385. The molecule has 0 aliphatic heterocycles. The highest BCUT2D eigenvalue weighted by molar-refractivity contribution is 5.68. The van der Waals surface area contributed by atoms with Crippen LogP contribution in [-0.4, -0.2) is 49.6 Å². The minimum atomic E-state index is -4.60. The number of phenolic OH excluding ortho intramolecular Hbond substituents is 1. The Morgan fingerprint density at radius 2 is 1.62 bits per heavy atom. The standard InChI is InChI=1S/C13H19ClN2O5/c1-15(2)9-12(10-5-7-11(17)8-6-10)13(16(3)4)21-14(18,19)20/h5-8,17H,9H2,1-4H3/b13-12+. The smallest absolute Gasteiger partial charge is 0.362 e. The van der Waals surface area contributed by atoms with Crippen molar-refractivity contribution in [2.45, 2.75) is 0 Å². The van der Waals surface area contributed by atoms with Crippen LogP contribution >= 0.6 is 0 Å². The highest BCUT2D eigenvalue weighted by Gasteiger charge is 2.28. The first-order valence-electron chi connectivity index (χ1n) is 6.05. The largest absolute Gasteiger partial charge is 0.508 e. The van der Waals surface area contributed by atoms with Gasteiger partial charge in [0.2, 0.25) is 0 Å². The van der Waals surface area contributed by atoms with E-state index >= 15 is 0 Å². The Hall–Kier alpha value is -1.51. The minimum absolute atomic E-state index is 0.0638. The summed E-state index contributed by atoms with van der Waals surface area (Å²) in [6, 6.07) is 6.19. The van der Waals surface area contributed by atoms with Crippen molar-refractivity contribution < 1.29 is 33.6 Å². The van der Waals surface area contributed by atoms with Crippen molar-refractivity contribution in [2.75, 3.05) is 34.7 Å². The van der Waals surface area contributed by atoms with Crippen LogP contribution in [0.1, 0.15) is 5.56 Å². The first-order chi connectivity index (χ1) is 9.60. The van der Waals surface area contributed by atoms with Crippen LogP contribution in [0.2, 0.25) is 0 Å². The molecule has 0 fully saturated rings. The fourth-order valence-corrected chi connectivity index (χ4v) is 2.15. The number of rotatable bonds is 6. The number of hydrogen-bond acceptors (Lipinski definition) is 7. The third kappa shape index (κ3) is 5.78. The van der Waals surface area contributed by atoms with Crippen LogP contribution in [0.5, 0.6) is 5.75 Å². The van der Waals surface area contributed by atoms with Gasteiger partial charge in [0.05, 0.1) is 5.57 Å². The molecule has 0 unspecified atom stereocenters. The minimum Gasteiger partial charge on any atom is -0.508 e. The van der Waals surface area contributed by atoms with E-state index in [-0.39, 0.29) is 11.6 Å². The van der Waals surface area contributed by atoms with Gasteiger partial charge in [0.25, 0.3) is 0 Å². The van der Waals surface area contributed by atoms with E-state index in [1.54, 1.807) is 40.3 Å². The molecule has 0 saturated heterocycles. The number of benzene rings is 1. The summed E-state index contributed by atoms with van der Waals surface area (Å²) in [7, 11) is 2.16. The zero-order valence-electron chi connectivity index (χ0n) is 12.4. The molecule has 7 nitrogen and oxygen atoms in total. The van der Waals surface area contributed by atoms with E-state index in [2.05, 4.69) is 4.29 Å². The molecule has 1 rings (SSSR count). The molecule has 1 aromatic carbocycles. The van der Waals surface area contributed by atoms with Crippen LogP contribution in [0.25, 0.3) is 5.57 Å². The summed E-state index contributed by atoms with van der Waals surface area (Å²) in [5.41, 5.74) is 1.15. The van der Waals surface area contributed by atoms with Gasteiger partial charge < -0.3 is 14.9 Å². The molecular weight excluding hydrogens is 300 g/mol. The Balaban J connectivity index is 3.35. The second kappa shape index (κ2) is 6.97. The second-order valence-corrected chi connectivity index (χ2v) is 5.83. The normalized spacial score (nSPS) is 13.1. The number of phenols is 1. The van der Waals surface area contributed by atoms with Crippen molar-refractivity contribution in [3.05, 3.63) is 35.7 Å². The Bertz CT molecular complexity index is 494. The van der Waals surface area contributed by atoms with Gasteiger partial charge >= 0.3 is 5.88 Å². The molecular formula is C13H19ClN2O5. The van der Waals surface area contributed by atoms with Gasteiger partial charge in [0.15, 0.2) is 0 Å². The van der Waals surface area contributed by atoms with Gasteiger partial charge in [-0.2, -0.15) is 14.0 Å². The Kier molecular flexibility index (Phi) is 5.82. The molecule has 0 heterocycles. The SMILES string of the molecule is CN(C)C/C(=C(\O[Cl+3]([O-])([O-])[O-])N(C)C)c1ccc(O)cc1. The molecule has 0 atom stereocenters. The predicted octanol–water partition coefficient (Wildman–Crippen LogP) is -1.90. The third-order valence-electron chi connectivity index (χ3n) is 2.52. The zero-order chi connectivity index (χ0) is 16.2. The van der Waals surface area contributed by atoms with Gasteiger partial charge in [-0.05, 0) is 36.1 Å². The molecule has 0 saturated carbocycles. The second-order valence-electron chi connectivity index (χ2n) is 4.92. The molecule has 0 spiro atoms. The molecule has 1 aromatic rings. The van der Waals surface area contributed by atoms with E-state index in [1.165, 1.54) is 17.0 Å². The molecule has 0 aliphatic rings. The third-order valence-corrected chi connectivity index (χ3v) is 2.86. The van der Waals surface area contributed by atoms with Gasteiger partial charge in [-0.15, -0.1) is 0 Å². The highest BCUT2D eigenvalue weighted by atomic mass is 35.7. The van der Waals surface area contributed by atoms with Crippen LogP contribution in [-0.2, 0) is 4.29 Å². The molecule has 21 heavy (non-hydrogen) atoms. The molecule has 0 aromatic heterocycles. The summed E-state index contributed by atoms with van der Waals surface area (Å²) >= 11 is 0.